The second kappa shape index (κ2) is 4.51. The zero-order chi connectivity index (χ0) is 10.7. The number of aromatic nitrogens is 1. The molecule has 0 bridgehead atoms. The van der Waals surface area contributed by atoms with E-state index >= 15 is 0 Å². The van der Waals surface area contributed by atoms with E-state index < -0.39 is 0 Å². The number of methoxy groups -OCH3 is 1. The summed E-state index contributed by atoms with van der Waals surface area (Å²) in [6.45, 7) is 2.89. The number of nitrogens with zero attached hydrogens (tertiary/aromatic N) is 1. The second-order valence-electron chi connectivity index (χ2n) is 3.93. The molecule has 0 saturated heterocycles. The van der Waals surface area contributed by atoms with E-state index in [0.717, 1.165) is 36.1 Å². The van der Waals surface area contributed by atoms with Crippen LogP contribution in [-0.2, 0) is 6.42 Å². The van der Waals surface area contributed by atoms with Crippen LogP contribution in [0.3, 0.4) is 0 Å². The van der Waals surface area contributed by atoms with Crippen molar-refractivity contribution in [3.63, 3.8) is 0 Å². The molecule has 0 unspecified atom stereocenters. The van der Waals surface area contributed by atoms with Gasteiger partial charge in [0.1, 0.15) is 0 Å². The van der Waals surface area contributed by atoms with Crippen LogP contribution >= 0.6 is 0 Å². The average Bonchev–Trinajstić information content (AvgIpc) is 3.09. The van der Waals surface area contributed by atoms with E-state index in [4.69, 9.17) is 9.47 Å². The summed E-state index contributed by atoms with van der Waals surface area (Å²) in [4.78, 5) is 4.27. The summed E-state index contributed by atoms with van der Waals surface area (Å²) in [6.07, 6.45) is 5.26. The van der Waals surface area contributed by atoms with Crippen LogP contribution in [0.15, 0.2) is 12.3 Å². The van der Waals surface area contributed by atoms with Gasteiger partial charge in [0.25, 0.3) is 0 Å². The van der Waals surface area contributed by atoms with Crippen molar-refractivity contribution in [3.05, 3.63) is 18.0 Å². The SMILES string of the molecule is CCc1cc(OCC2CC2)c(OC)cn1. The Labute approximate surface area is 90.4 Å². The highest BCUT2D eigenvalue weighted by molar-refractivity contribution is 5.39. The molecule has 1 aliphatic rings. The van der Waals surface area contributed by atoms with Crippen molar-refractivity contribution in [2.24, 2.45) is 5.92 Å². The molecule has 3 heteroatoms. The molecule has 1 aliphatic carbocycles. The molecular formula is C12H17NO2. The first-order valence-electron chi connectivity index (χ1n) is 5.49. The first kappa shape index (κ1) is 10.3. The van der Waals surface area contributed by atoms with E-state index in [0.29, 0.717) is 0 Å². The highest BCUT2D eigenvalue weighted by atomic mass is 16.5. The number of ether oxygens (including phenoxy) is 2. The summed E-state index contributed by atoms with van der Waals surface area (Å²) in [5.41, 5.74) is 1.04. The van der Waals surface area contributed by atoms with E-state index in [1.54, 1.807) is 13.3 Å². The molecule has 0 N–H and O–H groups in total. The molecule has 2 rings (SSSR count). The highest BCUT2D eigenvalue weighted by Gasteiger charge is 2.22. The van der Waals surface area contributed by atoms with Crippen molar-refractivity contribution in [1.82, 2.24) is 4.98 Å². The topological polar surface area (TPSA) is 31.4 Å². The Bertz CT molecular complexity index is 334. The highest BCUT2D eigenvalue weighted by Crippen LogP contribution is 2.32. The maximum atomic E-state index is 5.73. The summed E-state index contributed by atoms with van der Waals surface area (Å²) < 4.78 is 10.9. The minimum Gasteiger partial charge on any atom is -0.491 e. The Morgan fingerprint density at radius 3 is 2.80 bits per heavy atom. The van der Waals surface area contributed by atoms with E-state index in [1.807, 2.05) is 6.07 Å². The van der Waals surface area contributed by atoms with Gasteiger partial charge in [0.2, 0.25) is 0 Å². The molecule has 0 amide bonds. The fraction of sp³-hybridized carbons (Fsp3) is 0.583. The predicted octanol–water partition coefficient (Wildman–Crippen LogP) is 2.44. The molecule has 1 fully saturated rings. The molecule has 82 valence electrons. The molecule has 0 spiro atoms. The predicted molar refractivity (Wildman–Crippen MR) is 58.4 cm³/mol. The summed E-state index contributed by atoms with van der Waals surface area (Å²) >= 11 is 0. The van der Waals surface area contributed by atoms with Crippen molar-refractivity contribution in [2.75, 3.05) is 13.7 Å². The Morgan fingerprint density at radius 1 is 1.40 bits per heavy atom. The summed E-state index contributed by atoms with van der Waals surface area (Å²) in [6, 6.07) is 1.97. The third-order valence-electron chi connectivity index (χ3n) is 2.64. The van der Waals surface area contributed by atoms with Gasteiger partial charge >= 0.3 is 0 Å². The van der Waals surface area contributed by atoms with E-state index in [9.17, 15) is 0 Å². The first-order valence-corrected chi connectivity index (χ1v) is 5.49. The van der Waals surface area contributed by atoms with Gasteiger partial charge in [-0.25, -0.2) is 0 Å². The molecule has 0 aliphatic heterocycles. The molecule has 0 aromatic carbocycles. The van der Waals surface area contributed by atoms with Crippen LogP contribution < -0.4 is 9.47 Å². The minimum atomic E-state index is 0.729. The average molecular weight is 207 g/mol. The number of aryl methyl sites for hydroxylation is 1. The van der Waals surface area contributed by atoms with E-state index in [1.165, 1.54) is 12.8 Å². The standard InChI is InChI=1S/C12H17NO2/c1-3-10-6-11(12(14-2)7-13-10)15-8-9-4-5-9/h6-7,9H,3-5,8H2,1-2H3. The molecule has 0 atom stereocenters. The normalized spacial score (nSPS) is 15.1. The van der Waals surface area contributed by atoms with E-state index in [2.05, 4.69) is 11.9 Å². The van der Waals surface area contributed by atoms with Gasteiger partial charge < -0.3 is 9.47 Å². The van der Waals surface area contributed by atoms with Gasteiger partial charge in [-0.3, -0.25) is 4.98 Å². The van der Waals surface area contributed by atoms with Crippen LogP contribution in [0.2, 0.25) is 0 Å². The van der Waals surface area contributed by atoms with Crippen molar-refractivity contribution in [1.29, 1.82) is 0 Å². The minimum absolute atomic E-state index is 0.729. The van der Waals surface area contributed by atoms with Gasteiger partial charge in [-0.1, -0.05) is 6.92 Å². The number of pyridine rings is 1. The lowest BCUT2D eigenvalue weighted by molar-refractivity contribution is 0.279. The maximum absolute atomic E-state index is 5.73. The third-order valence-corrected chi connectivity index (χ3v) is 2.64. The Balaban J connectivity index is 2.08. The van der Waals surface area contributed by atoms with Crippen molar-refractivity contribution in [3.8, 4) is 11.5 Å². The van der Waals surface area contributed by atoms with Gasteiger partial charge in [-0.05, 0) is 25.2 Å². The smallest absolute Gasteiger partial charge is 0.179 e. The molecule has 1 aromatic rings. The van der Waals surface area contributed by atoms with Crippen LogP contribution in [0.4, 0.5) is 0 Å². The van der Waals surface area contributed by atoms with Crippen LogP contribution in [0.1, 0.15) is 25.5 Å². The van der Waals surface area contributed by atoms with Crippen LogP contribution in [0.5, 0.6) is 11.5 Å². The molecule has 3 nitrogen and oxygen atoms in total. The monoisotopic (exact) mass is 207 g/mol. The fourth-order valence-corrected chi connectivity index (χ4v) is 1.42. The maximum Gasteiger partial charge on any atom is 0.179 e. The zero-order valence-corrected chi connectivity index (χ0v) is 9.32. The largest absolute Gasteiger partial charge is 0.491 e. The summed E-state index contributed by atoms with van der Waals surface area (Å²) in [7, 11) is 1.65. The second-order valence-corrected chi connectivity index (χ2v) is 3.93. The lowest BCUT2D eigenvalue weighted by atomic mass is 10.3. The Morgan fingerprint density at radius 2 is 2.20 bits per heavy atom. The van der Waals surface area contributed by atoms with Crippen molar-refractivity contribution < 1.29 is 9.47 Å². The first-order chi connectivity index (χ1) is 7.33. The van der Waals surface area contributed by atoms with Crippen LogP contribution in [0.25, 0.3) is 0 Å². The quantitative estimate of drug-likeness (QED) is 0.743. The Hall–Kier alpha value is -1.25. The summed E-state index contributed by atoms with van der Waals surface area (Å²) in [5, 5.41) is 0. The van der Waals surface area contributed by atoms with Gasteiger partial charge in [0, 0.05) is 11.8 Å². The Kier molecular flexibility index (Phi) is 3.09. The number of rotatable bonds is 5. The molecule has 15 heavy (non-hydrogen) atoms. The fourth-order valence-electron chi connectivity index (χ4n) is 1.42. The molecule has 1 saturated carbocycles. The number of hydrogen-bond acceptors (Lipinski definition) is 3. The van der Waals surface area contributed by atoms with Gasteiger partial charge in [-0.15, -0.1) is 0 Å². The van der Waals surface area contributed by atoms with Crippen molar-refractivity contribution >= 4 is 0 Å². The summed E-state index contributed by atoms with van der Waals surface area (Å²) in [5.74, 6) is 2.32. The van der Waals surface area contributed by atoms with Crippen molar-refractivity contribution in [2.45, 2.75) is 26.2 Å². The lowest BCUT2D eigenvalue weighted by Gasteiger charge is -2.10. The molecule has 1 aromatic heterocycles. The van der Waals surface area contributed by atoms with Crippen LogP contribution in [0, 0.1) is 5.92 Å². The zero-order valence-electron chi connectivity index (χ0n) is 9.32. The number of hydrogen-bond donors (Lipinski definition) is 0. The third kappa shape index (κ3) is 2.61. The van der Waals surface area contributed by atoms with Crippen LogP contribution in [-0.4, -0.2) is 18.7 Å². The van der Waals surface area contributed by atoms with Gasteiger partial charge in [0.15, 0.2) is 11.5 Å². The molecular weight excluding hydrogens is 190 g/mol. The van der Waals surface area contributed by atoms with Gasteiger partial charge in [-0.2, -0.15) is 0 Å². The van der Waals surface area contributed by atoms with Gasteiger partial charge in [0.05, 0.1) is 19.9 Å². The molecule has 1 heterocycles. The lowest BCUT2D eigenvalue weighted by Crippen LogP contribution is -2.02. The van der Waals surface area contributed by atoms with E-state index in [-0.39, 0.29) is 0 Å². The molecule has 0 radical (unpaired) electrons.